The van der Waals surface area contributed by atoms with Gasteiger partial charge in [0.1, 0.15) is 0 Å². The first kappa shape index (κ1) is 8.87. The number of hydrogen-bond acceptors (Lipinski definition) is 3. The van der Waals surface area contributed by atoms with Crippen LogP contribution >= 0.6 is 0 Å². The van der Waals surface area contributed by atoms with Crippen molar-refractivity contribution in [2.24, 2.45) is 5.84 Å². The molecule has 0 unspecified atom stereocenters. The SMILES string of the molecule is CCN(C)c1ccc(NN)cc1. The molecule has 1 aromatic rings. The summed E-state index contributed by atoms with van der Waals surface area (Å²) < 4.78 is 0. The van der Waals surface area contributed by atoms with Crippen LogP contribution in [0.25, 0.3) is 0 Å². The zero-order chi connectivity index (χ0) is 8.97. The predicted molar refractivity (Wildman–Crippen MR) is 53.2 cm³/mol. The van der Waals surface area contributed by atoms with Gasteiger partial charge in [-0.2, -0.15) is 0 Å². The van der Waals surface area contributed by atoms with Gasteiger partial charge in [-0.05, 0) is 31.2 Å². The Kier molecular flexibility index (Phi) is 2.94. The fraction of sp³-hybridized carbons (Fsp3) is 0.333. The standard InChI is InChI=1S/C9H15N3/c1-3-12(2)9-6-4-8(11-10)5-7-9/h4-7,11H,3,10H2,1-2H3. The highest BCUT2D eigenvalue weighted by Crippen LogP contribution is 2.15. The molecule has 0 aliphatic heterocycles. The van der Waals surface area contributed by atoms with E-state index < -0.39 is 0 Å². The van der Waals surface area contributed by atoms with Gasteiger partial charge in [0.15, 0.2) is 0 Å². The average Bonchev–Trinajstić information content (AvgIpc) is 2.17. The minimum atomic E-state index is 0.934. The molecular weight excluding hydrogens is 150 g/mol. The van der Waals surface area contributed by atoms with Gasteiger partial charge in [-0.15, -0.1) is 0 Å². The van der Waals surface area contributed by atoms with Crippen LogP contribution in [0.15, 0.2) is 24.3 Å². The van der Waals surface area contributed by atoms with E-state index in [9.17, 15) is 0 Å². The smallest absolute Gasteiger partial charge is 0.0486 e. The van der Waals surface area contributed by atoms with Crippen LogP contribution in [-0.2, 0) is 0 Å². The normalized spacial score (nSPS) is 9.58. The van der Waals surface area contributed by atoms with Crippen molar-refractivity contribution < 1.29 is 0 Å². The quantitative estimate of drug-likeness (QED) is 0.526. The maximum atomic E-state index is 5.24. The van der Waals surface area contributed by atoms with E-state index in [0.29, 0.717) is 0 Å². The number of nitrogens with two attached hydrogens (primary N) is 1. The lowest BCUT2D eigenvalue weighted by atomic mass is 10.2. The van der Waals surface area contributed by atoms with Crippen molar-refractivity contribution in [3.05, 3.63) is 24.3 Å². The molecule has 0 saturated heterocycles. The van der Waals surface area contributed by atoms with Crippen molar-refractivity contribution in [1.82, 2.24) is 0 Å². The number of nitrogens with one attached hydrogen (secondary N) is 1. The average molecular weight is 165 g/mol. The molecule has 0 bridgehead atoms. The van der Waals surface area contributed by atoms with E-state index in [1.807, 2.05) is 24.3 Å². The van der Waals surface area contributed by atoms with E-state index in [1.54, 1.807) is 0 Å². The van der Waals surface area contributed by atoms with E-state index >= 15 is 0 Å². The Morgan fingerprint density at radius 3 is 2.33 bits per heavy atom. The Hall–Kier alpha value is -1.22. The topological polar surface area (TPSA) is 41.3 Å². The summed E-state index contributed by atoms with van der Waals surface area (Å²) in [4.78, 5) is 2.17. The Morgan fingerprint density at radius 2 is 1.92 bits per heavy atom. The van der Waals surface area contributed by atoms with E-state index in [0.717, 1.165) is 12.2 Å². The van der Waals surface area contributed by atoms with E-state index in [-0.39, 0.29) is 0 Å². The molecule has 3 heteroatoms. The Labute approximate surface area is 73.1 Å². The lowest BCUT2D eigenvalue weighted by molar-refractivity contribution is 0.968. The molecule has 3 N–H and O–H groups in total. The number of nitrogens with zero attached hydrogens (tertiary/aromatic N) is 1. The second-order valence-electron chi connectivity index (χ2n) is 2.71. The number of anilines is 2. The van der Waals surface area contributed by atoms with Crippen LogP contribution in [0, 0.1) is 0 Å². The van der Waals surface area contributed by atoms with Crippen LogP contribution < -0.4 is 16.2 Å². The molecule has 0 aliphatic carbocycles. The molecular formula is C9H15N3. The van der Waals surface area contributed by atoms with Crippen LogP contribution in [0.4, 0.5) is 11.4 Å². The molecule has 0 saturated carbocycles. The molecule has 0 aliphatic rings. The molecule has 12 heavy (non-hydrogen) atoms. The predicted octanol–water partition coefficient (Wildman–Crippen LogP) is 1.43. The minimum absolute atomic E-state index is 0.934. The Bertz CT molecular complexity index is 230. The van der Waals surface area contributed by atoms with Gasteiger partial charge in [-0.1, -0.05) is 0 Å². The van der Waals surface area contributed by atoms with E-state index in [2.05, 4.69) is 24.3 Å². The second kappa shape index (κ2) is 3.97. The number of rotatable bonds is 3. The molecule has 0 atom stereocenters. The van der Waals surface area contributed by atoms with Gasteiger partial charge < -0.3 is 10.3 Å². The molecule has 1 aromatic carbocycles. The number of hydrogen-bond donors (Lipinski definition) is 2. The van der Waals surface area contributed by atoms with Crippen molar-refractivity contribution in [3.63, 3.8) is 0 Å². The highest BCUT2D eigenvalue weighted by atomic mass is 15.2. The van der Waals surface area contributed by atoms with Gasteiger partial charge in [0.2, 0.25) is 0 Å². The number of nitrogen functional groups attached to an aromatic ring is 1. The molecule has 0 aromatic heterocycles. The highest BCUT2D eigenvalue weighted by Gasteiger charge is 1.96. The number of hydrazine groups is 1. The first-order valence-corrected chi connectivity index (χ1v) is 4.05. The molecule has 0 fully saturated rings. The lowest BCUT2D eigenvalue weighted by Gasteiger charge is -2.16. The maximum Gasteiger partial charge on any atom is 0.0486 e. The van der Waals surface area contributed by atoms with Gasteiger partial charge in [0.05, 0.1) is 0 Å². The van der Waals surface area contributed by atoms with Crippen LogP contribution in [0.1, 0.15) is 6.92 Å². The van der Waals surface area contributed by atoms with Crippen molar-refractivity contribution in [1.29, 1.82) is 0 Å². The summed E-state index contributed by atoms with van der Waals surface area (Å²) >= 11 is 0. The molecule has 0 spiro atoms. The molecule has 0 amide bonds. The van der Waals surface area contributed by atoms with Crippen molar-refractivity contribution in [2.45, 2.75) is 6.92 Å². The minimum Gasteiger partial charge on any atom is -0.375 e. The zero-order valence-corrected chi connectivity index (χ0v) is 7.54. The van der Waals surface area contributed by atoms with Gasteiger partial charge in [0, 0.05) is 25.0 Å². The molecule has 3 nitrogen and oxygen atoms in total. The Balaban J connectivity index is 2.77. The molecule has 0 radical (unpaired) electrons. The summed E-state index contributed by atoms with van der Waals surface area (Å²) in [7, 11) is 2.06. The van der Waals surface area contributed by atoms with Crippen LogP contribution in [0.2, 0.25) is 0 Å². The third-order valence-electron chi connectivity index (χ3n) is 1.95. The van der Waals surface area contributed by atoms with Gasteiger partial charge in [0.25, 0.3) is 0 Å². The van der Waals surface area contributed by atoms with Crippen LogP contribution in [-0.4, -0.2) is 13.6 Å². The Morgan fingerprint density at radius 1 is 1.33 bits per heavy atom. The van der Waals surface area contributed by atoms with Crippen LogP contribution in [0.3, 0.4) is 0 Å². The summed E-state index contributed by atoms with van der Waals surface area (Å²) in [5.74, 6) is 5.24. The maximum absolute atomic E-state index is 5.24. The first-order chi connectivity index (χ1) is 5.77. The number of benzene rings is 1. The molecule has 1 rings (SSSR count). The van der Waals surface area contributed by atoms with Crippen molar-refractivity contribution in [3.8, 4) is 0 Å². The summed E-state index contributed by atoms with van der Waals surface area (Å²) in [6.45, 7) is 3.13. The third kappa shape index (κ3) is 1.89. The van der Waals surface area contributed by atoms with Gasteiger partial charge >= 0.3 is 0 Å². The lowest BCUT2D eigenvalue weighted by Crippen LogP contribution is -2.15. The fourth-order valence-electron chi connectivity index (χ4n) is 0.995. The summed E-state index contributed by atoms with van der Waals surface area (Å²) in [5.41, 5.74) is 4.73. The largest absolute Gasteiger partial charge is 0.375 e. The van der Waals surface area contributed by atoms with E-state index in [4.69, 9.17) is 5.84 Å². The van der Waals surface area contributed by atoms with Gasteiger partial charge in [-0.25, -0.2) is 0 Å². The first-order valence-electron chi connectivity index (χ1n) is 4.05. The third-order valence-corrected chi connectivity index (χ3v) is 1.95. The van der Waals surface area contributed by atoms with Crippen molar-refractivity contribution >= 4 is 11.4 Å². The van der Waals surface area contributed by atoms with Gasteiger partial charge in [-0.3, -0.25) is 5.84 Å². The second-order valence-corrected chi connectivity index (χ2v) is 2.71. The zero-order valence-electron chi connectivity index (χ0n) is 7.54. The summed E-state index contributed by atoms with van der Waals surface area (Å²) in [5, 5.41) is 0. The monoisotopic (exact) mass is 165 g/mol. The summed E-state index contributed by atoms with van der Waals surface area (Å²) in [6.07, 6.45) is 0. The fourth-order valence-corrected chi connectivity index (χ4v) is 0.995. The summed E-state index contributed by atoms with van der Waals surface area (Å²) in [6, 6.07) is 8.00. The molecule has 66 valence electrons. The van der Waals surface area contributed by atoms with E-state index in [1.165, 1.54) is 5.69 Å². The molecule has 0 heterocycles. The highest BCUT2D eigenvalue weighted by molar-refractivity contribution is 5.54. The van der Waals surface area contributed by atoms with Crippen molar-refractivity contribution in [2.75, 3.05) is 23.9 Å². The van der Waals surface area contributed by atoms with Crippen LogP contribution in [0.5, 0.6) is 0 Å².